The number of nitrogens with zero attached hydrogens (tertiary/aromatic N) is 1. The largest absolute Gasteiger partial charge is 0.463 e. The summed E-state index contributed by atoms with van der Waals surface area (Å²) in [6, 6.07) is 17.3. The lowest BCUT2D eigenvalue weighted by Gasteiger charge is -2.09. The normalized spacial score (nSPS) is 14.3. The number of carbonyl (C=O) groups is 4. The standard InChI is InChI=1S/C24H18N2O7/c1-31-23(29)20-12-11-17(32-20)14-26-21(27)18(25-24(26)30)13-16-9-5-6-10-19(16)33-22(28)15-7-3-2-4-8-15/h2-13H,14H2,1H3,(H,25,30). The van der Waals surface area contributed by atoms with Crippen molar-refractivity contribution in [3.63, 3.8) is 0 Å². The number of ether oxygens (including phenoxy) is 2. The average molecular weight is 446 g/mol. The molecule has 0 radical (unpaired) electrons. The van der Waals surface area contributed by atoms with Gasteiger partial charge in [-0.25, -0.2) is 14.4 Å². The molecule has 1 aromatic heterocycles. The first-order chi connectivity index (χ1) is 16.0. The number of benzene rings is 2. The molecule has 9 heteroatoms. The Bertz CT molecular complexity index is 1260. The number of esters is 2. The van der Waals surface area contributed by atoms with Crippen LogP contribution in [0.15, 0.2) is 76.8 Å². The highest BCUT2D eigenvalue weighted by molar-refractivity contribution is 6.14. The first-order valence-corrected chi connectivity index (χ1v) is 9.84. The van der Waals surface area contributed by atoms with Gasteiger partial charge in [0.1, 0.15) is 17.2 Å². The summed E-state index contributed by atoms with van der Waals surface area (Å²) in [6.45, 7) is -0.177. The number of carbonyl (C=O) groups excluding carboxylic acids is 4. The van der Waals surface area contributed by atoms with Gasteiger partial charge in [-0.15, -0.1) is 0 Å². The van der Waals surface area contributed by atoms with Crippen molar-refractivity contribution < 1.29 is 33.1 Å². The molecule has 1 aliphatic rings. The van der Waals surface area contributed by atoms with Gasteiger partial charge in [0.2, 0.25) is 5.76 Å². The minimum atomic E-state index is -0.666. The van der Waals surface area contributed by atoms with Crippen molar-refractivity contribution in [1.29, 1.82) is 0 Å². The number of amides is 3. The van der Waals surface area contributed by atoms with Crippen LogP contribution in [0.1, 0.15) is 32.2 Å². The second-order valence-electron chi connectivity index (χ2n) is 6.93. The van der Waals surface area contributed by atoms with Crippen molar-refractivity contribution in [1.82, 2.24) is 10.2 Å². The fraction of sp³-hybridized carbons (Fsp3) is 0.0833. The topological polar surface area (TPSA) is 115 Å². The van der Waals surface area contributed by atoms with Crippen LogP contribution in [0.25, 0.3) is 6.08 Å². The summed E-state index contributed by atoms with van der Waals surface area (Å²) in [5.41, 5.74) is 0.808. The maximum atomic E-state index is 12.8. The summed E-state index contributed by atoms with van der Waals surface area (Å²) in [5.74, 6) is -1.39. The second-order valence-corrected chi connectivity index (χ2v) is 6.93. The van der Waals surface area contributed by atoms with Crippen LogP contribution < -0.4 is 10.1 Å². The molecule has 0 atom stereocenters. The molecule has 9 nitrogen and oxygen atoms in total. The Kier molecular flexibility index (Phi) is 6.03. The van der Waals surface area contributed by atoms with Crippen LogP contribution in [0.4, 0.5) is 4.79 Å². The highest BCUT2D eigenvalue weighted by atomic mass is 16.5. The Labute approximate surface area is 188 Å². The fourth-order valence-electron chi connectivity index (χ4n) is 3.13. The monoisotopic (exact) mass is 446 g/mol. The summed E-state index contributed by atoms with van der Waals surface area (Å²) in [5, 5.41) is 2.50. The third-order valence-electron chi connectivity index (χ3n) is 4.76. The maximum Gasteiger partial charge on any atom is 0.373 e. The summed E-state index contributed by atoms with van der Waals surface area (Å²) < 4.78 is 15.4. The number of rotatable bonds is 6. The molecular weight excluding hydrogens is 428 g/mol. The number of urea groups is 1. The molecule has 1 aliphatic heterocycles. The van der Waals surface area contributed by atoms with Crippen molar-refractivity contribution >= 4 is 30.0 Å². The first-order valence-electron chi connectivity index (χ1n) is 9.84. The van der Waals surface area contributed by atoms with E-state index in [1.807, 2.05) is 0 Å². The Morgan fingerprint density at radius 2 is 1.70 bits per heavy atom. The number of furan rings is 1. The second kappa shape index (κ2) is 9.23. The van der Waals surface area contributed by atoms with E-state index in [-0.39, 0.29) is 29.5 Å². The van der Waals surface area contributed by atoms with Gasteiger partial charge in [0.15, 0.2) is 0 Å². The van der Waals surface area contributed by atoms with Gasteiger partial charge in [-0.1, -0.05) is 36.4 Å². The van der Waals surface area contributed by atoms with Crippen LogP contribution in [0.5, 0.6) is 5.75 Å². The molecule has 3 aromatic rings. The number of methoxy groups -OCH3 is 1. The lowest BCUT2D eigenvalue weighted by molar-refractivity contribution is -0.123. The van der Waals surface area contributed by atoms with Crippen LogP contribution in [0, 0.1) is 0 Å². The molecule has 2 aromatic carbocycles. The van der Waals surface area contributed by atoms with E-state index in [1.54, 1.807) is 54.6 Å². The van der Waals surface area contributed by atoms with Crippen molar-refractivity contribution in [3.8, 4) is 5.75 Å². The lowest BCUT2D eigenvalue weighted by atomic mass is 10.1. The molecule has 1 fully saturated rings. The predicted molar refractivity (Wildman–Crippen MR) is 115 cm³/mol. The van der Waals surface area contributed by atoms with Crippen molar-refractivity contribution in [2.24, 2.45) is 0 Å². The molecule has 4 rings (SSSR count). The number of nitrogens with one attached hydrogen (secondary N) is 1. The third-order valence-corrected chi connectivity index (χ3v) is 4.76. The van der Waals surface area contributed by atoms with Crippen molar-refractivity contribution in [3.05, 3.63) is 95.1 Å². The quantitative estimate of drug-likeness (QED) is 0.267. The smallest absolute Gasteiger partial charge is 0.373 e. The Morgan fingerprint density at radius 3 is 2.45 bits per heavy atom. The van der Waals surface area contributed by atoms with Crippen LogP contribution >= 0.6 is 0 Å². The Morgan fingerprint density at radius 1 is 0.970 bits per heavy atom. The van der Waals surface area contributed by atoms with Gasteiger partial charge in [0, 0.05) is 5.56 Å². The number of para-hydroxylation sites is 1. The van der Waals surface area contributed by atoms with E-state index in [0.29, 0.717) is 11.1 Å². The van der Waals surface area contributed by atoms with E-state index in [0.717, 1.165) is 4.90 Å². The molecule has 0 spiro atoms. The molecule has 166 valence electrons. The molecule has 2 heterocycles. The molecule has 1 saturated heterocycles. The highest BCUT2D eigenvalue weighted by Crippen LogP contribution is 2.24. The molecule has 0 aliphatic carbocycles. The predicted octanol–water partition coefficient (Wildman–Crippen LogP) is 3.38. The summed E-state index contributed by atoms with van der Waals surface area (Å²) >= 11 is 0. The van der Waals surface area contributed by atoms with Gasteiger partial charge >= 0.3 is 18.0 Å². The zero-order chi connectivity index (χ0) is 23.4. The van der Waals surface area contributed by atoms with E-state index in [2.05, 4.69) is 10.1 Å². The van der Waals surface area contributed by atoms with Crippen LogP contribution in [0.2, 0.25) is 0 Å². The highest BCUT2D eigenvalue weighted by Gasteiger charge is 2.34. The summed E-state index contributed by atoms with van der Waals surface area (Å²) in [4.78, 5) is 50.1. The fourth-order valence-corrected chi connectivity index (χ4v) is 3.13. The van der Waals surface area contributed by atoms with Gasteiger partial charge in [0.25, 0.3) is 5.91 Å². The van der Waals surface area contributed by atoms with E-state index in [4.69, 9.17) is 9.15 Å². The van der Waals surface area contributed by atoms with Crippen LogP contribution in [-0.4, -0.2) is 35.9 Å². The molecule has 3 amide bonds. The summed E-state index contributed by atoms with van der Waals surface area (Å²) in [6.07, 6.45) is 1.43. The number of hydrogen-bond donors (Lipinski definition) is 1. The Hall–Kier alpha value is -4.66. The molecule has 33 heavy (non-hydrogen) atoms. The molecule has 0 bridgehead atoms. The number of imide groups is 1. The van der Waals surface area contributed by atoms with Gasteiger partial charge in [-0.05, 0) is 36.4 Å². The maximum absolute atomic E-state index is 12.8. The van der Waals surface area contributed by atoms with Crippen molar-refractivity contribution in [2.75, 3.05) is 7.11 Å². The lowest BCUT2D eigenvalue weighted by Crippen LogP contribution is -2.30. The van der Waals surface area contributed by atoms with Gasteiger partial charge in [-0.2, -0.15) is 0 Å². The summed E-state index contributed by atoms with van der Waals surface area (Å²) in [7, 11) is 1.22. The zero-order valence-electron chi connectivity index (χ0n) is 17.4. The van der Waals surface area contributed by atoms with Crippen LogP contribution in [-0.2, 0) is 16.1 Å². The van der Waals surface area contributed by atoms with E-state index in [9.17, 15) is 19.2 Å². The van der Waals surface area contributed by atoms with Gasteiger partial charge in [0.05, 0.1) is 19.2 Å². The average Bonchev–Trinajstić information content (AvgIpc) is 3.41. The van der Waals surface area contributed by atoms with E-state index in [1.165, 1.54) is 25.3 Å². The molecule has 0 unspecified atom stereocenters. The van der Waals surface area contributed by atoms with E-state index < -0.39 is 23.9 Å². The van der Waals surface area contributed by atoms with Gasteiger partial charge in [-0.3, -0.25) is 9.69 Å². The molecule has 1 N–H and O–H groups in total. The minimum Gasteiger partial charge on any atom is -0.463 e. The third kappa shape index (κ3) is 4.67. The molecule has 0 saturated carbocycles. The zero-order valence-corrected chi connectivity index (χ0v) is 17.4. The number of hydrogen-bond acceptors (Lipinski definition) is 7. The molecular formula is C24H18N2O7. The minimum absolute atomic E-state index is 0.00274. The SMILES string of the molecule is COC(=O)c1ccc(CN2C(=O)NC(=Cc3ccccc3OC(=O)c3ccccc3)C2=O)o1. The van der Waals surface area contributed by atoms with Gasteiger partial charge < -0.3 is 19.2 Å². The van der Waals surface area contributed by atoms with Crippen molar-refractivity contribution in [2.45, 2.75) is 6.54 Å². The first kappa shape index (κ1) is 21.6. The van der Waals surface area contributed by atoms with E-state index >= 15 is 0 Å². The van der Waals surface area contributed by atoms with Crippen LogP contribution in [0.3, 0.4) is 0 Å². The Balaban J connectivity index is 1.52.